The number of methoxy groups -OCH3 is 3. The van der Waals surface area contributed by atoms with Gasteiger partial charge >= 0.3 is 0 Å². The number of benzene rings is 3. The summed E-state index contributed by atoms with van der Waals surface area (Å²) < 4.78 is 44.6. The van der Waals surface area contributed by atoms with E-state index in [9.17, 15) is 28.0 Å². The largest absolute Gasteiger partial charge is 0.497 e. The molecule has 2 N–H and O–H groups in total. The Morgan fingerprint density at radius 3 is 2.21 bits per heavy atom. The van der Waals surface area contributed by atoms with Crippen LogP contribution in [-0.4, -0.2) is 99.0 Å². The van der Waals surface area contributed by atoms with Gasteiger partial charge in [-0.25, -0.2) is 13.9 Å². The number of hydrogen-bond donors (Lipinski definition) is 2. The van der Waals surface area contributed by atoms with E-state index in [0.717, 1.165) is 9.87 Å². The molecular formula is C32H37ClN4O9S. The van der Waals surface area contributed by atoms with E-state index in [0.29, 0.717) is 27.8 Å². The maximum atomic E-state index is 13.9. The molecule has 1 aliphatic rings. The van der Waals surface area contributed by atoms with Crippen molar-refractivity contribution in [3.05, 3.63) is 82.9 Å². The van der Waals surface area contributed by atoms with Crippen LogP contribution in [0.25, 0.3) is 0 Å². The fraction of sp³-hybridized carbons (Fsp3) is 0.344. The van der Waals surface area contributed by atoms with Crippen LogP contribution in [0.15, 0.2) is 71.6 Å². The second kappa shape index (κ2) is 16.0. The molecule has 4 rings (SSSR count). The molecule has 3 amide bonds. The fourth-order valence-corrected chi connectivity index (χ4v) is 6.86. The van der Waals surface area contributed by atoms with Gasteiger partial charge in [-0.3, -0.25) is 19.6 Å². The first kappa shape index (κ1) is 35.5. The highest BCUT2D eigenvalue weighted by Crippen LogP contribution is 2.26. The number of rotatable bonds is 14. The average molecular weight is 689 g/mol. The van der Waals surface area contributed by atoms with Crippen LogP contribution in [0.2, 0.25) is 5.02 Å². The normalized spacial score (nSPS) is 15.0. The number of piperazine rings is 1. The molecule has 3 aromatic carbocycles. The van der Waals surface area contributed by atoms with E-state index in [2.05, 4.69) is 0 Å². The van der Waals surface area contributed by atoms with Gasteiger partial charge in [0.25, 0.3) is 0 Å². The molecule has 3 aromatic rings. The first-order valence-corrected chi connectivity index (χ1v) is 16.4. The predicted molar refractivity (Wildman–Crippen MR) is 172 cm³/mol. The molecule has 1 heterocycles. The Hall–Kier alpha value is -4.37. The molecule has 0 radical (unpaired) electrons. The number of sulfonamides is 1. The van der Waals surface area contributed by atoms with Crippen molar-refractivity contribution < 1.29 is 42.2 Å². The Labute approximate surface area is 278 Å². The van der Waals surface area contributed by atoms with E-state index in [4.69, 9.17) is 25.8 Å². The summed E-state index contributed by atoms with van der Waals surface area (Å²) in [6, 6.07) is 17.0. The molecule has 0 aliphatic carbocycles. The van der Waals surface area contributed by atoms with Crippen LogP contribution in [-0.2, 0) is 37.4 Å². The lowest BCUT2D eigenvalue weighted by Crippen LogP contribution is -2.60. The summed E-state index contributed by atoms with van der Waals surface area (Å²) in [5.74, 6) is -0.363. The highest BCUT2D eigenvalue weighted by atomic mass is 35.5. The summed E-state index contributed by atoms with van der Waals surface area (Å²) >= 11 is 6.13. The van der Waals surface area contributed by atoms with Crippen molar-refractivity contribution in [1.29, 1.82) is 0 Å². The van der Waals surface area contributed by atoms with Gasteiger partial charge in [0.15, 0.2) is 0 Å². The Morgan fingerprint density at radius 1 is 0.957 bits per heavy atom. The lowest BCUT2D eigenvalue weighted by molar-refractivity contribution is -0.151. The quantitative estimate of drug-likeness (QED) is 0.192. The van der Waals surface area contributed by atoms with E-state index >= 15 is 0 Å². The molecule has 0 saturated carbocycles. The van der Waals surface area contributed by atoms with Gasteiger partial charge in [0.2, 0.25) is 27.7 Å². The highest BCUT2D eigenvalue weighted by molar-refractivity contribution is 7.89. The summed E-state index contributed by atoms with van der Waals surface area (Å²) in [6.07, 6.45) is -0.0858. The van der Waals surface area contributed by atoms with Crippen molar-refractivity contribution in [2.45, 2.75) is 30.3 Å². The van der Waals surface area contributed by atoms with Crippen molar-refractivity contribution in [1.82, 2.24) is 19.6 Å². The standard InChI is InChI=1S/C32H37ClN4O9S/c1-44-26-7-9-29(10-8-26)47(42,43)36(12-11-22-5-4-6-24(33)13-22)20-32(40)37-21-31(39)35(19-25(37)16-30(38)34-41)18-23-14-27(45-2)17-28(15-23)46-3/h4-10,13-15,17,25,41H,11-12,16,18-21H2,1-3H3,(H,34,38). The molecule has 0 bridgehead atoms. The van der Waals surface area contributed by atoms with E-state index in [1.54, 1.807) is 47.9 Å². The van der Waals surface area contributed by atoms with E-state index in [1.165, 1.54) is 55.4 Å². The zero-order valence-corrected chi connectivity index (χ0v) is 27.8. The monoisotopic (exact) mass is 688 g/mol. The summed E-state index contributed by atoms with van der Waals surface area (Å²) in [7, 11) is 0.265. The lowest BCUT2D eigenvalue weighted by atomic mass is 10.1. The number of halogens is 1. The molecule has 15 heteroatoms. The Kier molecular flexibility index (Phi) is 12.0. The fourth-order valence-electron chi connectivity index (χ4n) is 5.26. The van der Waals surface area contributed by atoms with E-state index in [1.807, 2.05) is 0 Å². The predicted octanol–water partition coefficient (Wildman–Crippen LogP) is 2.73. The van der Waals surface area contributed by atoms with Crippen LogP contribution in [0.1, 0.15) is 17.5 Å². The number of carbonyl (C=O) groups is 3. The van der Waals surface area contributed by atoms with Crippen LogP contribution < -0.4 is 19.7 Å². The number of hydrogen-bond acceptors (Lipinski definition) is 9. The van der Waals surface area contributed by atoms with Crippen LogP contribution in [0, 0.1) is 0 Å². The molecule has 13 nitrogen and oxygen atoms in total. The first-order chi connectivity index (χ1) is 22.5. The molecule has 47 heavy (non-hydrogen) atoms. The van der Waals surface area contributed by atoms with Crippen molar-refractivity contribution in [3.8, 4) is 17.2 Å². The van der Waals surface area contributed by atoms with Crippen LogP contribution in [0.5, 0.6) is 17.2 Å². The molecule has 0 spiro atoms. The maximum Gasteiger partial charge on any atom is 0.245 e. The highest BCUT2D eigenvalue weighted by Gasteiger charge is 2.38. The molecule has 1 unspecified atom stereocenters. The third-order valence-corrected chi connectivity index (χ3v) is 9.82. The van der Waals surface area contributed by atoms with Crippen molar-refractivity contribution >= 4 is 39.3 Å². The minimum absolute atomic E-state index is 0.0503. The lowest BCUT2D eigenvalue weighted by Gasteiger charge is -2.41. The Balaban J connectivity index is 1.60. The van der Waals surface area contributed by atoms with Gasteiger partial charge in [0, 0.05) is 30.7 Å². The van der Waals surface area contributed by atoms with Gasteiger partial charge < -0.3 is 24.0 Å². The minimum Gasteiger partial charge on any atom is -0.497 e. The first-order valence-electron chi connectivity index (χ1n) is 14.6. The SMILES string of the molecule is COc1ccc(S(=O)(=O)N(CCc2cccc(Cl)c2)CC(=O)N2CC(=O)N(Cc3cc(OC)cc(OC)c3)CC2CC(=O)NO)cc1. The number of nitrogens with one attached hydrogen (secondary N) is 1. The smallest absolute Gasteiger partial charge is 0.245 e. The Bertz CT molecular complexity index is 1670. The molecule has 1 atom stereocenters. The second-order valence-corrected chi connectivity index (χ2v) is 13.2. The van der Waals surface area contributed by atoms with Crippen LogP contribution >= 0.6 is 11.6 Å². The molecular weight excluding hydrogens is 652 g/mol. The topological polar surface area (TPSA) is 155 Å². The van der Waals surface area contributed by atoms with Crippen LogP contribution in [0.4, 0.5) is 0 Å². The van der Waals surface area contributed by atoms with Gasteiger partial charge in [-0.2, -0.15) is 4.31 Å². The van der Waals surface area contributed by atoms with Gasteiger partial charge in [0.1, 0.15) is 23.8 Å². The van der Waals surface area contributed by atoms with Gasteiger partial charge in [0.05, 0.1) is 45.2 Å². The van der Waals surface area contributed by atoms with E-state index < -0.39 is 46.9 Å². The molecule has 252 valence electrons. The zero-order chi connectivity index (χ0) is 34.1. The summed E-state index contributed by atoms with van der Waals surface area (Å²) in [5.41, 5.74) is 3.03. The van der Waals surface area contributed by atoms with Crippen LogP contribution in [0.3, 0.4) is 0 Å². The summed E-state index contributed by atoms with van der Waals surface area (Å²) in [6.45, 7) is -1.01. The number of amides is 3. The van der Waals surface area contributed by atoms with Gasteiger partial charge in [-0.05, 0) is 66.1 Å². The Morgan fingerprint density at radius 2 is 1.62 bits per heavy atom. The van der Waals surface area contributed by atoms with Crippen molar-refractivity contribution in [2.75, 3.05) is 47.5 Å². The third kappa shape index (κ3) is 9.13. The maximum absolute atomic E-state index is 13.9. The number of carbonyl (C=O) groups excluding carboxylic acids is 3. The molecule has 0 aromatic heterocycles. The molecule has 1 saturated heterocycles. The number of ether oxygens (including phenoxy) is 3. The zero-order valence-electron chi connectivity index (χ0n) is 26.2. The van der Waals surface area contributed by atoms with Gasteiger partial charge in [-0.15, -0.1) is 0 Å². The third-order valence-electron chi connectivity index (χ3n) is 7.73. The molecule has 1 aliphatic heterocycles. The number of nitrogens with zero attached hydrogens (tertiary/aromatic N) is 3. The van der Waals surface area contributed by atoms with Crippen molar-refractivity contribution in [3.63, 3.8) is 0 Å². The minimum atomic E-state index is -4.20. The van der Waals surface area contributed by atoms with E-state index in [-0.39, 0.29) is 37.4 Å². The summed E-state index contributed by atoms with van der Waals surface area (Å²) in [4.78, 5) is 42.2. The van der Waals surface area contributed by atoms with Crippen molar-refractivity contribution in [2.24, 2.45) is 0 Å². The average Bonchev–Trinajstić information content (AvgIpc) is 3.07. The molecule has 1 fully saturated rings. The number of hydroxylamine groups is 1. The second-order valence-electron chi connectivity index (χ2n) is 10.8. The van der Waals surface area contributed by atoms with Gasteiger partial charge in [-0.1, -0.05) is 23.7 Å². The summed E-state index contributed by atoms with van der Waals surface area (Å²) in [5, 5.41) is 9.74.